The van der Waals surface area contributed by atoms with Gasteiger partial charge in [-0.1, -0.05) is 47.5 Å². The van der Waals surface area contributed by atoms with Crippen LogP contribution in [0.2, 0.25) is 5.02 Å². The highest BCUT2D eigenvalue weighted by Crippen LogP contribution is 2.38. The number of hydrogen-bond donors (Lipinski definition) is 2. The van der Waals surface area contributed by atoms with Crippen molar-refractivity contribution in [3.05, 3.63) is 82.9 Å². The molecule has 3 aromatic carbocycles. The molecule has 0 amide bonds. The zero-order valence-electron chi connectivity index (χ0n) is 17.8. The maximum absolute atomic E-state index is 13.1. The summed E-state index contributed by atoms with van der Waals surface area (Å²) >= 11 is 6.08. The molecule has 0 spiro atoms. The predicted octanol–water partition coefficient (Wildman–Crippen LogP) is 5.89. The molecule has 6 nitrogen and oxygen atoms in total. The maximum Gasteiger partial charge on any atom is 0.263 e. The highest BCUT2D eigenvalue weighted by molar-refractivity contribution is 7.92. The molecule has 0 bridgehead atoms. The van der Waals surface area contributed by atoms with Crippen molar-refractivity contribution < 1.29 is 13.2 Å². The van der Waals surface area contributed by atoms with Crippen LogP contribution in [-0.4, -0.2) is 18.8 Å². The van der Waals surface area contributed by atoms with Gasteiger partial charge in [-0.15, -0.1) is 0 Å². The SMILES string of the molecule is CC(=O)c1cc(Cl)ccc1Nc1c(NS(=O)(=O)c2ccc(C)cc2)n(C)c2ccccc12. The Kier molecular flexibility index (Phi) is 5.71. The van der Waals surface area contributed by atoms with E-state index < -0.39 is 10.0 Å². The van der Waals surface area contributed by atoms with E-state index in [1.807, 2.05) is 31.2 Å². The van der Waals surface area contributed by atoms with Crippen molar-refractivity contribution in [2.45, 2.75) is 18.7 Å². The number of nitrogens with one attached hydrogen (secondary N) is 2. The molecule has 1 heterocycles. The van der Waals surface area contributed by atoms with Crippen molar-refractivity contribution in [1.82, 2.24) is 4.57 Å². The van der Waals surface area contributed by atoms with Gasteiger partial charge in [0.15, 0.2) is 5.78 Å². The number of benzene rings is 3. The number of para-hydroxylation sites is 1. The second kappa shape index (κ2) is 8.33. The molecule has 0 saturated carbocycles. The molecule has 0 radical (unpaired) electrons. The minimum Gasteiger partial charge on any atom is -0.351 e. The summed E-state index contributed by atoms with van der Waals surface area (Å²) in [6.07, 6.45) is 0. The van der Waals surface area contributed by atoms with Crippen molar-refractivity contribution in [3.8, 4) is 0 Å². The molecule has 2 N–H and O–H groups in total. The van der Waals surface area contributed by atoms with Gasteiger partial charge in [0.25, 0.3) is 10.0 Å². The second-order valence-corrected chi connectivity index (χ2v) is 9.71. The number of sulfonamides is 1. The average molecular weight is 468 g/mol. The Bertz CT molecular complexity index is 1440. The number of nitrogens with zero attached hydrogens (tertiary/aromatic N) is 1. The predicted molar refractivity (Wildman–Crippen MR) is 130 cm³/mol. The van der Waals surface area contributed by atoms with Crippen molar-refractivity contribution >= 4 is 55.5 Å². The molecule has 4 rings (SSSR count). The van der Waals surface area contributed by atoms with E-state index in [4.69, 9.17) is 11.6 Å². The number of carbonyl (C=O) groups excluding carboxylic acids is 1. The summed E-state index contributed by atoms with van der Waals surface area (Å²) in [5.74, 6) is 0.202. The first-order chi connectivity index (χ1) is 15.2. The molecule has 0 aliphatic rings. The summed E-state index contributed by atoms with van der Waals surface area (Å²) in [7, 11) is -2.06. The largest absolute Gasteiger partial charge is 0.351 e. The highest BCUT2D eigenvalue weighted by Gasteiger charge is 2.22. The van der Waals surface area contributed by atoms with Crippen molar-refractivity contribution in [1.29, 1.82) is 0 Å². The van der Waals surface area contributed by atoms with Crippen molar-refractivity contribution in [2.75, 3.05) is 10.0 Å². The number of carbonyl (C=O) groups is 1. The smallest absolute Gasteiger partial charge is 0.263 e. The van der Waals surface area contributed by atoms with E-state index in [-0.39, 0.29) is 10.7 Å². The molecular weight excluding hydrogens is 446 g/mol. The van der Waals surface area contributed by atoms with Gasteiger partial charge in [-0.2, -0.15) is 0 Å². The van der Waals surface area contributed by atoms with E-state index in [1.165, 1.54) is 6.92 Å². The number of Topliss-reactive ketones (excluding diaryl/α,β-unsaturated/α-hetero) is 1. The molecule has 1 aromatic heterocycles. The monoisotopic (exact) mass is 467 g/mol. The van der Waals surface area contributed by atoms with E-state index >= 15 is 0 Å². The van der Waals surface area contributed by atoms with Crippen LogP contribution < -0.4 is 10.0 Å². The van der Waals surface area contributed by atoms with Crippen molar-refractivity contribution in [3.63, 3.8) is 0 Å². The van der Waals surface area contributed by atoms with E-state index in [0.29, 0.717) is 27.8 Å². The zero-order valence-corrected chi connectivity index (χ0v) is 19.4. The molecular formula is C24H22ClN3O3S. The summed E-state index contributed by atoms with van der Waals surface area (Å²) in [5.41, 5.74) is 3.29. The van der Waals surface area contributed by atoms with Gasteiger partial charge in [0, 0.05) is 28.7 Å². The van der Waals surface area contributed by atoms with Gasteiger partial charge in [-0.25, -0.2) is 8.42 Å². The number of fused-ring (bicyclic) bond motifs is 1. The fourth-order valence-electron chi connectivity index (χ4n) is 3.59. The van der Waals surface area contributed by atoms with Crippen LogP contribution in [0.15, 0.2) is 71.6 Å². The van der Waals surface area contributed by atoms with Gasteiger partial charge < -0.3 is 9.88 Å². The lowest BCUT2D eigenvalue weighted by atomic mass is 10.1. The number of aromatic nitrogens is 1. The first-order valence-electron chi connectivity index (χ1n) is 9.92. The molecule has 0 aliphatic heterocycles. The van der Waals surface area contributed by atoms with Gasteiger partial charge >= 0.3 is 0 Å². The van der Waals surface area contributed by atoms with E-state index in [2.05, 4.69) is 10.0 Å². The third-order valence-electron chi connectivity index (χ3n) is 5.29. The Hall–Kier alpha value is -3.29. The fraction of sp³-hybridized carbons (Fsp3) is 0.125. The van der Waals surface area contributed by atoms with Crippen LogP contribution in [0, 0.1) is 6.92 Å². The Balaban J connectivity index is 1.86. The van der Waals surface area contributed by atoms with Crippen LogP contribution in [0.25, 0.3) is 10.9 Å². The van der Waals surface area contributed by atoms with E-state index in [0.717, 1.165) is 16.5 Å². The summed E-state index contributed by atoms with van der Waals surface area (Å²) in [6.45, 7) is 3.36. The van der Waals surface area contributed by atoms with Crippen LogP contribution >= 0.6 is 11.6 Å². The quantitative estimate of drug-likeness (QED) is 0.346. The minimum atomic E-state index is -3.85. The summed E-state index contributed by atoms with van der Waals surface area (Å²) in [4.78, 5) is 12.4. The number of ketones is 1. The Morgan fingerprint density at radius 1 is 1.00 bits per heavy atom. The number of rotatable bonds is 6. The van der Waals surface area contributed by atoms with Crippen LogP contribution in [0.5, 0.6) is 0 Å². The number of hydrogen-bond acceptors (Lipinski definition) is 4. The zero-order chi connectivity index (χ0) is 23.0. The lowest BCUT2D eigenvalue weighted by molar-refractivity contribution is 0.101. The molecule has 0 atom stereocenters. The number of halogens is 1. The average Bonchev–Trinajstić information content (AvgIpc) is 3.01. The number of aryl methyl sites for hydroxylation is 2. The molecule has 32 heavy (non-hydrogen) atoms. The van der Waals surface area contributed by atoms with Crippen LogP contribution in [0.4, 0.5) is 17.2 Å². The Labute approximate surface area is 191 Å². The van der Waals surface area contributed by atoms with Gasteiger partial charge in [0.1, 0.15) is 5.82 Å². The number of anilines is 3. The first kappa shape index (κ1) is 21.9. The maximum atomic E-state index is 13.1. The summed E-state index contributed by atoms with van der Waals surface area (Å²) in [5, 5.41) is 4.52. The lowest BCUT2D eigenvalue weighted by Gasteiger charge is -2.15. The molecule has 8 heteroatoms. The van der Waals surface area contributed by atoms with E-state index in [9.17, 15) is 13.2 Å². The van der Waals surface area contributed by atoms with Gasteiger partial charge in [0.05, 0.1) is 16.1 Å². The normalized spacial score (nSPS) is 11.5. The Morgan fingerprint density at radius 3 is 2.38 bits per heavy atom. The molecule has 164 valence electrons. The summed E-state index contributed by atoms with van der Waals surface area (Å²) in [6, 6.07) is 19.2. The lowest BCUT2D eigenvalue weighted by Crippen LogP contribution is -2.16. The molecule has 4 aromatic rings. The Morgan fingerprint density at radius 2 is 1.69 bits per heavy atom. The molecule has 0 aliphatic carbocycles. The highest BCUT2D eigenvalue weighted by atomic mass is 35.5. The van der Waals surface area contributed by atoms with Crippen LogP contribution in [0.3, 0.4) is 0 Å². The molecule has 0 saturated heterocycles. The second-order valence-electron chi connectivity index (χ2n) is 7.59. The fourth-order valence-corrected chi connectivity index (χ4v) is 4.87. The minimum absolute atomic E-state index is 0.156. The third-order valence-corrected chi connectivity index (χ3v) is 6.88. The first-order valence-corrected chi connectivity index (χ1v) is 11.8. The third kappa shape index (κ3) is 4.09. The molecule has 0 unspecified atom stereocenters. The van der Waals surface area contributed by atoms with Gasteiger partial charge in [0.2, 0.25) is 0 Å². The standard InChI is InChI=1S/C24H22ClN3O3S/c1-15-8-11-18(12-9-15)32(30,31)27-24-23(19-6-4-5-7-22(19)28(24)3)26-21-13-10-17(25)14-20(21)16(2)29/h4-14,26-27H,1-3H3. The molecule has 0 fully saturated rings. The summed E-state index contributed by atoms with van der Waals surface area (Å²) < 4.78 is 30.8. The van der Waals surface area contributed by atoms with Crippen LogP contribution in [-0.2, 0) is 17.1 Å². The van der Waals surface area contributed by atoms with Crippen molar-refractivity contribution in [2.24, 2.45) is 7.05 Å². The van der Waals surface area contributed by atoms with E-state index in [1.54, 1.807) is 54.1 Å². The van der Waals surface area contributed by atoms with Gasteiger partial charge in [-0.3, -0.25) is 9.52 Å². The van der Waals surface area contributed by atoms with Gasteiger partial charge in [-0.05, 0) is 50.2 Å². The van der Waals surface area contributed by atoms with Crippen LogP contribution in [0.1, 0.15) is 22.8 Å². The topological polar surface area (TPSA) is 80.2 Å².